The summed E-state index contributed by atoms with van der Waals surface area (Å²) in [5.74, 6) is 0.673. The molecule has 4 N–H and O–H groups in total. The zero-order chi connectivity index (χ0) is 18.3. The van der Waals surface area contributed by atoms with Crippen LogP contribution in [-0.4, -0.2) is 20.9 Å². The van der Waals surface area contributed by atoms with Crippen molar-refractivity contribution in [2.24, 2.45) is 10.1 Å². The highest BCUT2D eigenvalue weighted by Gasteiger charge is 2.08. The second kappa shape index (κ2) is 10.5. The van der Waals surface area contributed by atoms with Crippen molar-refractivity contribution in [1.82, 2.24) is 10.6 Å². The predicted octanol–water partition coefficient (Wildman–Crippen LogP) is 2.52. The summed E-state index contributed by atoms with van der Waals surface area (Å²) >= 11 is 0. The van der Waals surface area contributed by atoms with Gasteiger partial charge in [0.05, 0.1) is 11.4 Å². The summed E-state index contributed by atoms with van der Waals surface area (Å²) < 4.78 is 22.9. The molecule has 0 fully saturated rings. The molecule has 0 aliphatic carbocycles. The fraction of sp³-hybridized carbons (Fsp3) is 0.278. The normalized spacial score (nSPS) is 11.6. The molecule has 2 aromatic carbocycles. The number of rotatable bonds is 6. The Hall–Kier alpha value is -1.65. The van der Waals surface area contributed by atoms with Gasteiger partial charge in [-0.05, 0) is 42.7 Å². The Morgan fingerprint density at radius 1 is 1.12 bits per heavy atom. The van der Waals surface area contributed by atoms with Gasteiger partial charge in [0, 0.05) is 13.1 Å². The molecule has 26 heavy (non-hydrogen) atoms. The zero-order valence-electron chi connectivity index (χ0n) is 14.9. The molecule has 0 saturated carbocycles. The molecule has 0 saturated heterocycles. The average molecular weight is 488 g/mol. The second-order valence-electron chi connectivity index (χ2n) is 5.67. The van der Waals surface area contributed by atoms with Crippen molar-refractivity contribution in [3.05, 3.63) is 65.2 Å². The van der Waals surface area contributed by atoms with Gasteiger partial charge in [-0.2, -0.15) is 0 Å². The minimum absolute atomic E-state index is 0. The van der Waals surface area contributed by atoms with Crippen LogP contribution in [0.2, 0.25) is 0 Å². The van der Waals surface area contributed by atoms with Gasteiger partial charge in [0.25, 0.3) is 0 Å². The Labute approximate surface area is 172 Å². The molecule has 142 valence electrons. The first kappa shape index (κ1) is 22.4. The highest BCUT2D eigenvalue weighted by atomic mass is 127. The van der Waals surface area contributed by atoms with Crippen LogP contribution in [0.25, 0.3) is 0 Å². The van der Waals surface area contributed by atoms with Crippen molar-refractivity contribution in [3.63, 3.8) is 0 Å². The molecule has 0 amide bonds. The maximum atomic E-state index is 11.4. The summed E-state index contributed by atoms with van der Waals surface area (Å²) in [6.45, 7) is 5.81. The summed E-state index contributed by atoms with van der Waals surface area (Å²) in [4.78, 5) is 4.61. The van der Waals surface area contributed by atoms with Gasteiger partial charge in [-0.15, -0.1) is 24.0 Å². The van der Waals surface area contributed by atoms with Crippen molar-refractivity contribution in [2.75, 3.05) is 6.54 Å². The molecule has 0 aliphatic rings. The topological polar surface area (TPSA) is 96.6 Å². The van der Waals surface area contributed by atoms with E-state index in [-0.39, 0.29) is 28.9 Å². The van der Waals surface area contributed by atoms with Crippen molar-refractivity contribution < 1.29 is 8.42 Å². The van der Waals surface area contributed by atoms with Crippen LogP contribution in [0.4, 0.5) is 0 Å². The smallest absolute Gasteiger partial charge is 0.238 e. The molecule has 0 bridgehead atoms. The van der Waals surface area contributed by atoms with Gasteiger partial charge in [-0.1, -0.05) is 36.4 Å². The average Bonchev–Trinajstić information content (AvgIpc) is 2.58. The van der Waals surface area contributed by atoms with Crippen LogP contribution in [0.1, 0.15) is 23.6 Å². The molecule has 0 unspecified atom stereocenters. The van der Waals surface area contributed by atoms with Crippen LogP contribution in [-0.2, 0) is 23.1 Å². The number of aliphatic imine (C=N–C) groups is 1. The maximum absolute atomic E-state index is 11.4. The molecule has 0 radical (unpaired) electrons. The van der Waals surface area contributed by atoms with E-state index < -0.39 is 10.0 Å². The van der Waals surface area contributed by atoms with Crippen molar-refractivity contribution >= 4 is 40.0 Å². The van der Waals surface area contributed by atoms with Crippen LogP contribution in [0.5, 0.6) is 0 Å². The van der Waals surface area contributed by atoms with E-state index in [9.17, 15) is 8.42 Å². The predicted molar refractivity (Wildman–Crippen MR) is 116 cm³/mol. The number of guanidine groups is 1. The van der Waals surface area contributed by atoms with E-state index in [0.29, 0.717) is 19.0 Å². The van der Waals surface area contributed by atoms with E-state index in [1.165, 1.54) is 17.2 Å². The third kappa shape index (κ3) is 6.93. The van der Waals surface area contributed by atoms with Gasteiger partial charge in [0.2, 0.25) is 10.0 Å². The van der Waals surface area contributed by atoms with Crippen LogP contribution >= 0.6 is 24.0 Å². The van der Waals surface area contributed by atoms with Crippen LogP contribution in [0.15, 0.2) is 58.4 Å². The lowest BCUT2D eigenvalue weighted by Gasteiger charge is -2.13. The fourth-order valence-corrected chi connectivity index (χ4v) is 2.90. The molecule has 2 aromatic rings. The lowest BCUT2D eigenvalue weighted by Crippen LogP contribution is -2.36. The Kier molecular flexibility index (Phi) is 9.03. The van der Waals surface area contributed by atoms with Gasteiger partial charge < -0.3 is 10.6 Å². The zero-order valence-corrected chi connectivity index (χ0v) is 18.0. The standard InChI is InChI=1S/C18H24N4O2S.HI/c1-3-20-18(22-13-16-9-5-4-7-14(16)2)21-12-15-8-6-10-17(11-15)25(19,23)24;/h4-11H,3,12-13H2,1-2H3,(H2,19,23,24)(H2,20,21,22);1H. The quantitative estimate of drug-likeness (QED) is 0.331. The number of nitrogens with zero attached hydrogens (tertiary/aromatic N) is 1. The van der Waals surface area contributed by atoms with Gasteiger partial charge in [0.15, 0.2) is 5.96 Å². The summed E-state index contributed by atoms with van der Waals surface area (Å²) in [5.41, 5.74) is 3.19. The lowest BCUT2D eigenvalue weighted by atomic mass is 10.1. The van der Waals surface area contributed by atoms with Crippen molar-refractivity contribution in [3.8, 4) is 0 Å². The third-order valence-electron chi connectivity index (χ3n) is 3.70. The Morgan fingerprint density at radius 3 is 2.50 bits per heavy atom. The molecule has 0 aromatic heterocycles. The minimum atomic E-state index is -3.70. The molecule has 0 heterocycles. The van der Waals surface area contributed by atoms with Crippen LogP contribution in [0, 0.1) is 6.92 Å². The summed E-state index contributed by atoms with van der Waals surface area (Å²) in [5, 5.41) is 11.6. The first-order valence-electron chi connectivity index (χ1n) is 8.08. The molecule has 0 aliphatic heterocycles. The Balaban J connectivity index is 0.00000338. The lowest BCUT2D eigenvalue weighted by molar-refractivity contribution is 0.597. The fourth-order valence-electron chi connectivity index (χ4n) is 2.32. The van der Waals surface area contributed by atoms with Crippen molar-refractivity contribution in [2.45, 2.75) is 31.8 Å². The Bertz CT molecular complexity index is 854. The van der Waals surface area contributed by atoms with Gasteiger partial charge in [0.1, 0.15) is 0 Å². The number of nitrogens with two attached hydrogens (primary N) is 1. The van der Waals surface area contributed by atoms with Crippen LogP contribution < -0.4 is 15.8 Å². The number of primary sulfonamides is 1. The highest BCUT2D eigenvalue weighted by molar-refractivity contribution is 14.0. The largest absolute Gasteiger partial charge is 0.357 e. The van der Waals surface area contributed by atoms with E-state index in [1.807, 2.05) is 25.1 Å². The molecule has 2 rings (SSSR count). The minimum Gasteiger partial charge on any atom is -0.357 e. The maximum Gasteiger partial charge on any atom is 0.238 e. The highest BCUT2D eigenvalue weighted by Crippen LogP contribution is 2.11. The number of hydrogen-bond acceptors (Lipinski definition) is 3. The molecular formula is C18H25IN4O2S. The van der Waals surface area contributed by atoms with Crippen LogP contribution in [0.3, 0.4) is 0 Å². The first-order valence-corrected chi connectivity index (χ1v) is 9.63. The van der Waals surface area contributed by atoms with Crippen molar-refractivity contribution in [1.29, 1.82) is 0 Å². The molecular weight excluding hydrogens is 463 g/mol. The van der Waals surface area contributed by atoms with E-state index >= 15 is 0 Å². The van der Waals surface area contributed by atoms with Gasteiger partial charge in [-0.3, -0.25) is 0 Å². The summed E-state index contributed by atoms with van der Waals surface area (Å²) in [7, 11) is -3.70. The van der Waals surface area contributed by atoms with Gasteiger partial charge in [-0.25, -0.2) is 18.5 Å². The Morgan fingerprint density at radius 2 is 1.85 bits per heavy atom. The monoisotopic (exact) mass is 488 g/mol. The SMILES string of the molecule is CCNC(=NCc1cccc(S(N)(=O)=O)c1)NCc1ccccc1C.I. The molecule has 0 spiro atoms. The van der Waals surface area contributed by atoms with E-state index in [0.717, 1.165) is 12.1 Å². The van der Waals surface area contributed by atoms with E-state index in [1.54, 1.807) is 12.1 Å². The van der Waals surface area contributed by atoms with Gasteiger partial charge >= 0.3 is 0 Å². The number of hydrogen-bond donors (Lipinski definition) is 3. The number of halogens is 1. The summed E-state index contributed by atoms with van der Waals surface area (Å²) in [6, 6.07) is 14.7. The first-order chi connectivity index (χ1) is 11.9. The number of nitrogens with one attached hydrogen (secondary N) is 2. The second-order valence-corrected chi connectivity index (χ2v) is 7.23. The molecule has 0 atom stereocenters. The van der Waals surface area contributed by atoms with E-state index in [4.69, 9.17) is 5.14 Å². The molecule has 8 heteroatoms. The molecule has 6 nitrogen and oxygen atoms in total. The number of benzene rings is 2. The number of aryl methyl sites for hydroxylation is 1. The third-order valence-corrected chi connectivity index (χ3v) is 4.61. The van der Waals surface area contributed by atoms with E-state index in [2.05, 4.69) is 34.7 Å². The summed E-state index contributed by atoms with van der Waals surface area (Å²) in [6.07, 6.45) is 0. The number of sulfonamides is 1.